The highest BCUT2D eigenvalue weighted by molar-refractivity contribution is 6.33. The van der Waals surface area contributed by atoms with E-state index in [1.807, 2.05) is 53.3 Å². The number of fused-ring (bicyclic) bond motifs is 2. The molecule has 9 nitrogen and oxygen atoms in total. The Balaban J connectivity index is 1.11. The second kappa shape index (κ2) is 8.97. The first kappa shape index (κ1) is 22.4. The van der Waals surface area contributed by atoms with E-state index in [2.05, 4.69) is 27.2 Å². The van der Waals surface area contributed by atoms with Crippen LogP contribution in [0.2, 0.25) is 5.02 Å². The molecule has 2 N–H and O–H groups in total. The molecule has 2 aliphatic heterocycles. The maximum atomic E-state index is 9.94. The number of aromatic amines is 1. The lowest BCUT2D eigenvalue weighted by atomic mass is 10.0. The fourth-order valence-electron chi connectivity index (χ4n) is 4.89. The number of ether oxygens (including phenoxy) is 3. The second-order valence-electron chi connectivity index (χ2n) is 9.13. The van der Waals surface area contributed by atoms with Gasteiger partial charge in [0.1, 0.15) is 18.3 Å². The Morgan fingerprint density at radius 1 is 0.946 bits per heavy atom. The minimum absolute atomic E-state index is 0.241. The molecule has 0 spiro atoms. The van der Waals surface area contributed by atoms with Crippen molar-refractivity contribution in [3.8, 4) is 34.1 Å². The molecule has 3 aromatic heterocycles. The summed E-state index contributed by atoms with van der Waals surface area (Å²) in [5.41, 5.74) is 5.87. The van der Waals surface area contributed by atoms with Crippen LogP contribution in [0.4, 0.5) is 0 Å². The van der Waals surface area contributed by atoms with E-state index in [9.17, 15) is 5.11 Å². The first-order valence-electron chi connectivity index (χ1n) is 12.0. The number of halogens is 1. The van der Waals surface area contributed by atoms with Gasteiger partial charge in [0.2, 0.25) is 0 Å². The lowest BCUT2D eigenvalue weighted by Crippen LogP contribution is -2.34. The molecular formula is C27H22ClN5O4. The van der Waals surface area contributed by atoms with Crippen molar-refractivity contribution in [3.05, 3.63) is 78.1 Å². The van der Waals surface area contributed by atoms with Gasteiger partial charge in [0.05, 0.1) is 35.1 Å². The molecule has 4 atom stereocenters. The number of H-pyrrole nitrogens is 1. The standard InChI is InChI=1S/C27H22ClN5O4/c28-19-12-20-26(32-27(30-20)37-22-14-36-24-21(34)13-35-25(22)24)31-23(19)17-4-2-15(3-5-17)16-6-8-18(9-7-16)33-11-1-10-29-33/h1-12,21-22,24-25,34H,13-14H2,(H,30,31,32)/t21-,22-,24-,25?/m1/s1. The van der Waals surface area contributed by atoms with E-state index < -0.39 is 6.10 Å². The van der Waals surface area contributed by atoms with Crippen molar-refractivity contribution in [2.24, 2.45) is 0 Å². The van der Waals surface area contributed by atoms with Crippen LogP contribution in [0.15, 0.2) is 73.1 Å². The number of hydrogen-bond acceptors (Lipinski definition) is 7. The normalized spacial score (nSPS) is 23.0. The van der Waals surface area contributed by atoms with Gasteiger partial charge in [-0.25, -0.2) is 9.67 Å². The Hall–Kier alpha value is -3.76. The first-order chi connectivity index (χ1) is 18.1. The minimum Gasteiger partial charge on any atom is -0.456 e. The van der Waals surface area contributed by atoms with E-state index in [-0.39, 0.29) is 24.9 Å². The van der Waals surface area contributed by atoms with Crippen molar-refractivity contribution in [2.45, 2.75) is 24.4 Å². The Morgan fingerprint density at radius 3 is 2.43 bits per heavy atom. The lowest BCUT2D eigenvalue weighted by molar-refractivity contribution is 0.00706. The summed E-state index contributed by atoms with van der Waals surface area (Å²) in [5, 5.41) is 14.7. The average Bonchev–Trinajstić information content (AvgIpc) is 3.71. The van der Waals surface area contributed by atoms with Crippen LogP contribution in [0.3, 0.4) is 0 Å². The molecule has 2 fully saturated rings. The number of aliphatic hydroxyl groups excluding tert-OH is 1. The van der Waals surface area contributed by atoms with Gasteiger partial charge in [-0.3, -0.25) is 0 Å². The topological polar surface area (TPSA) is 107 Å². The van der Waals surface area contributed by atoms with Crippen molar-refractivity contribution in [1.82, 2.24) is 24.7 Å². The molecule has 0 bridgehead atoms. The summed E-state index contributed by atoms with van der Waals surface area (Å²) in [6, 6.07) is 20.3. The molecule has 7 rings (SSSR count). The lowest BCUT2D eigenvalue weighted by Gasteiger charge is -2.15. The molecular weight excluding hydrogens is 494 g/mol. The number of aliphatic hydroxyl groups is 1. The molecule has 0 saturated carbocycles. The van der Waals surface area contributed by atoms with Gasteiger partial charge >= 0.3 is 0 Å². The van der Waals surface area contributed by atoms with Crippen LogP contribution >= 0.6 is 11.6 Å². The molecule has 0 amide bonds. The third-order valence-electron chi connectivity index (χ3n) is 6.78. The van der Waals surface area contributed by atoms with Gasteiger partial charge in [0.25, 0.3) is 6.01 Å². The minimum atomic E-state index is -0.634. The number of rotatable bonds is 5. The summed E-state index contributed by atoms with van der Waals surface area (Å²) in [4.78, 5) is 12.3. The molecule has 0 aliphatic carbocycles. The molecule has 2 aliphatic rings. The Morgan fingerprint density at radius 2 is 1.68 bits per heavy atom. The maximum Gasteiger partial charge on any atom is 0.296 e. The summed E-state index contributed by atoms with van der Waals surface area (Å²) >= 11 is 6.60. The molecule has 10 heteroatoms. The Labute approximate surface area is 216 Å². The van der Waals surface area contributed by atoms with Gasteiger partial charge in [-0.15, -0.1) is 0 Å². The van der Waals surface area contributed by atoms with Gasteiger partial charge in [0, 0.05) is 18.0 Å². The summed E-state index contributed by atoms with van der Waals surface area (Å²) in [7, 11) is 0. The third-order valence-corrected chi connectivity index (χ3v) is 7.07. The predicted molar refractivity (Wildman–Crippen MR) is 137 cm³/mol. The van der Waals surface area contributed by atoms with E-state index in [1.165, 1.54) is 0 Å². The largest absolute Gasteiger partial charge is 0.456 e. The van der Waals surface area contributed by atoms with Crippen molar-refractivity contribution in [1.29, 1.82) is 0 Å². The van der Waals surface area contributed by atoms with Crippen molar-refractivity contribution in [2.75, 3.05) is 13.2 Å². The molecule has 1 unspecified atom stereocenters. The number of nitrogens with one attached hydrogen (secondary N) is 1. The maximum absolute atomic E-state index is 9.94. The monoisotopic (exact) mass is 515 g/mol. The van der Waals surface area contributed by atoms with E-state index in [0.717, 1.165) is 22.4 Å². The summed E-state index contributed by atoms with van der Waals surface area (Å²) < 4.78 is 19.1. The molecule has 2 aromatic carbocycles. The van der Waals surface area contributed by atoms with Crippen LogP contribution in [0, 0.1) is 0 Å². The predicted octanol–water partition coefficient (Wildman–Crippen LogP) is 4.04. The molecule has 0 radical (unpaired) electrons. The zero-order chi connectivity index (χ0) is 24.9. The van der Waals surface area contributed by atoms with Crippen molar-refractivity contribution < 1.29 is 19.3 Å². The van der Waals surface area contributed by atoms with Crippen LogP contribution < -0.4 is 4.74 Å². The summed E-state index contributed by atoms with van der Waals surface area (Å²) in [5.74, 6) is 0. The molecule has 5 heterocycles. The SMILES string of the molecule is O[C@@H]1COC2[C@H](Oc3nc4nc(-c5ccc(-c6ccc(-n7cccn7)cc6)cc5)c(Cl)cc4[nH]3)CO[C@@H]21. The van der Waals surface area contributed by atoms with E-state index in [4.69, 9.17) is 30.8 Å². The quantitative estimate of drug-likeness (QED) is 0.364. The molecule has 37 heavy (non-hydrogen) atoms. The Kier molecular flexibility index (Phi) is 5.44. The highest BCUT2D eigenvalue weighted by Gasteiger charge is 2.48. The second-order valence-corrected chi connectivity index (χ2v) is 9.53. The van der Waals surface area contributed by atoms with Gasteiger partial charge < -0.3 is 24.3 Å². The number of nitrogens with zero attached hydrogens (tertiary/aromatic N) is 4. The molecule has 186 valence electrons. The van der Waals surface area contributed by atoms with Gasteiger partial charge in [-0.05, 0) is 35.4 Å². The highest BCUT2D eigenvalue weighted by Crippen LogP contribution is 2.33. The van der Waals surface area contributed by atoms with Crippen LogP contribution in [0.5, 0.6) is 6.01 Å². The Bertz CT molecular complexity index is 1550. The van der Waals surface area contributed by atoms with Crippen LogP contribution in [0.25, 0.3) is 39.2 Å². The number of hydrogen-bond donors (Lipinski definition) is 2. The molecule has 5 aromatic rings. The smallest absolute Gasteiger partial charge is 0.296 e. The first-order valence-corrected chi connectivity index (χ1v) is 12.4. The number of pyridine rings is 1. The summed E-state index contributed by atoms with van der Waals surface area (Å²) in [6.07, 6.45) is 1.99. The van der Waals surface area contributed by atoms with Gasteiger partial charge in [0.15, 0.2) is 11.8 Å². The van der Waals surface area contributed by atoms with Crippen LogP contribution in [-0.2, 0) is 9.47 Å². The van der Waals surface area contributed by atoms with Gasteiger partial charge in [-0.2, -0.15) is 10.1 Å². The zero-order valence-electron chi connectivity index (χ0n) is 19.5. The number of imidazole rings is 1. The zero-order valence-corrected chi connectivity index (χ0v) is 20.2. The van der Waals surface area contributed by atoms with Crippen molar-refractivity contribution in [3.63, 3.8) is 0 Å². The van der Waals surface area contributed by atoms with Crippen LogP contribution in [-0.4, -0.2) is 67.5 Å². The van der Waals surface area contributed by atoms with E-state index in [1.54, 1.807) is 12.3 Å². The average molecular weight is 516 g/mol. The van der Waals surface area contributed by atoms with E-state index in [0.29, 0.717) is 34.5 Å². The van der Waals surface area contributed by atoms with Crippen molar-refractivity contribution >= 4 is 22.8 Å². The molecule has 2 saturated heterocycles. The fourth-order valence-corrected chi connectivity index (χ4v) is 5.15. The number of benzene rings is 2. The fraction of sp³-hybridized carbons (Fsp3) is 0.222. The third kappa shape index (κ3) is 4.06. The van der Waals surface area contributed by atoms with E-state index >= 15 is 0 Å². The van der Waals surface area contributed by atoms with Crippen LogP contribution in [0.1, 0.15) is 0 Å². The number of aromatic nitrogens is 5. The van der Waals surface area contributed by atoms with Gasteiger partial charge in [-0.1, -0.05) is 48.0 Å². The highest BCUT2D eigenvalue weighted by atomic mass is 35.5. The summed E-state index contributed by atoms with van der Waals surface area (Å²) in [6.45, 7) is 0.562.